The van der Waals surface area contributed by atoms with Gasteiger partial charge in [-0.1, -0.05) is 44.2 Å². The third kappa shape index (κ3) is 3.63. The third-order valence-corrected chi connectivity index (χ3v) is 5.37. The van der Waals surface area contributed by atoms with Gasteiger partial charge in [0.1, 0.15) is 12.2 Å². The summed E-state index contributed by atoms with van der Waals surface area (Å²) >= 11 is 0. The molecule has 1 fully saturated rings. The lowest BCUT2D eigenvalue weighted by molar-refractivity contribution is -0.125. The van der Waals surface area contributed by atoms with E-state index in [1.165, 1.54) is 10.8 Å². The topological polar surface area (TPSA) is 93.6 Å². The Hall–Kier alpha value is -2.22. The molecule has 27 heavy (non-hydrogen) atoms. The quantitative estimate of drug-likeness (QED) is 0.805. The lowest BCUT2D eigenvalue weighted by Gasteiger charge is -2.32. The van der Waals surface area contributed by atoms with E-state index in [2.05, 4.69) is 4.98 Å². The summed E-state index contributed by atoms with van der Waals surface area (Å²) in [4.78, 5) is 26.2. The number of benzene rings is 1. The van der Waals surface area contributed by atoms with E-state index in [-0.39, 0.29) is 0 Å². The van der Waals surface area contributed by atoms with Gasteiger partial charge in [0.05, 0.1) is 12.2 Å². The highest BCUT2D eigenvalue weighted by molar-refractivity contribution is 5.14. The summed E-state index contributed by atoms with van der Waals surface area (Å²) in [6, 6.07) is 9.70. The van der Waals surface area contributed by atoms with Crippen molar-refractivity contribution in [2.45, 2.75) is 64.3 Å². The van der Waals surface area contributed by atoms with Gasteiger partial charge in [-0.15, -0.1) is 0 Å². The Morgan fingerprint density at radius 2 is 1.89 bits per heavy atom. The maximum absolute atomic E-state index is 12.3. The van der Waals surface area contributed by atoms with Crippen LogP contribution in [-0.4, -0.2) is 32.5 Å². The summed E-state index contributed by atoms with van der Waals surface area (Å²) in [5, 5.41) is 11.0. The van der Waals surface area contributed by atoms with E-state index in [1.807, 2.05) is 44.2 Å². The Morgan fingerprint density at radius 1 is 1.22 bits per heavy atom. The van der Waals surface area contributed by atoms with E-state index in [0.29, 0.717) is 25.0 Å². The molecule has 1 aromatic heterocycles. The molecule has 1 aromatic carbocycles. The zero-order valence-electron chi connectivity index (χ0n) is 15.8. The zero-order chi connectivity index (χ0) is 19.6. The highest BCUT2D eigenvalue weighted by atomic mass is 16.6. The zero-order valence-corrected chi connectivity index (χ0v) is 15.8. The normalized spacial score (nSPS) is 24.2. The van der Waals surface area contributed by atoms with Crippen molar-refractivity contribution in [1.82, 2.24) is 9.55 Å². The van der Waals surface area contributed by atoms with Crippen molar-refractivity contribution < 1.29 is 14.6 Å². The van der Waals surface area contributed by atoms with E-state index >= 15 is 0 Å². The molecule has 0 saturated carbocycles. The van der Waals surface area contributed by atoms with Crippen LogP contribution in [0.25, 0.3) is 0 Å². The van der Waals surface area contributed by atoms with Crippen LogP contribution >= 0.6 is 0 Å². The van der Waals surface area contributed by atoms with Crippen molar-refractivity contribution in [3.63, 3.8) is 0 Å². The summed E-state index contributed by atoms with van der Waals surface area (Å²) in [5.74, 6) is 0. The Morgan fingerprint density at radius 3 is 2.52 bits per heavy atom. The van der Waals surface area contributed by atoms with E-state index < -0.39 is 35.3 Å². The van der Waals surface area contributed by atoms with Crippen LogP contribution in [-0.2, 0) is 16.1 Å². The molecule has 2 heterocycles. The highest BCUT2D eigenvalue weighted by Crippen LogP contribution is 2.43. The van der Waals surface area contributed by atoms with Crippen molar-refractivity contribution in [1.29, 1.82) is 0 Å². The smallest absolute Gasteiger partial charge is 0.330 e. The fraction of sp³-hybridized carbons (Fsp3) is 0.500. The number of rotatable bonds is 6. The fourth-order valence-electron chi connectivity index (χ4n) is 3.66. The maximum Gasteiger partial charge on any atom is 0.330 e. The number of aliphatic hydroxyl groups is 1. The molecule has 7 nitrogen and oxygen atoms in total. The van der Waals surface area contributed by atoms with Crippen LogP contribution in [0.1, 0.15) is 44.0 Å². The predicted molar refractivity (Wildman–Crippen MR) is 101 cm³/mol. The highest BCUT2D eigenvalue weighted by Gasteiger charge is 2.54. The molecule has 2 N–H and O–H groups in total. The first-order chi connectivity index (χ1) is 12.9. The lowest BCUT2D eigenvalue weighted by Crippen LogP contribution is -2.44. The summed E-state index contributed by atoms with van der Waals surface area (Å²) < 4.78 is 13.5. The van der Waals surface area contributed by atoms with E-state index in [4.69, 9.17) is 9.47 Å². The first kappa shape index (κ1) is 19.5. The monoisotopic (exact) mass is 374 g/mol. The summed E-state index contributed by atoms with van der Waals surface area (Å²) in [7, 11) is 0. The average Bonchev–Trinajstić information content (AvgIpc) is 2.96. The summed E-state index contributed by atoms with van der Waals surface area (Å²) in [6.45, 7) is 5.88. The second-order valence-electron chi connectivity index (χ2n) is 6.97. The summed E-state index contributed by atoms with van der Waals surface area (Å²) in [6.07, 6.45) is 0.0912. The van der Waals surface area contributed by atoms with Gasteiger partial charge in [0.15, 0.2) is 6.23 Å². The van der Waals surface area contributed by atoms with Crippen molar-refractivity contribution in [2.75, 3.05) is 0 Å². The molecule has 1 aliphatic rings. The van der Waals surface area contributed by atoms with Gasteiger partial charge >= 0.3 is 5.69 Å². The van der Waals surface area contributed by atoms with Crippen molar-refractivity contribution in [2.24, 2.45) is 0 Å². The molecule has 1 saturated heterocycles. The molecule has 2 aromatic rings. The number of hydrogen-bond donors (Lipinski definition) is 2. The molecule has 1 unspecified atom stereocenters. The first-order valence-electron chi connectivity index (χ1n) is 9.25. The van der Waals surface area contributed by atoms with Crippen LogP contribution in [0, 0.1) is 6.92 Å². The molecule has 3 atom stereocenters. The number of aromatic nitrogens is 2. The summed E-state index contributed by atoms with van der Waals surface area (Å²) in [5.41, 5.74) is -0.413. The second-order valence-corrected chi connectivity index (χ2v) is 6.97. The minimum Gasteiger partial charge on any atom is -0.386 e. The Balaban J connectivity index is 1.92. The number of aryl methyl sites for hydroxylation is 1. The SMILES string of the molecule is CCC1(CC)O[C@@H](n2cc(C)c(=O)[nH]c2=O)C(O)[C@H]1OCc1ccccc1. The number of ether oxygens (including phenoxy) is 2. The molecule has 0 spiro atoms. The molecule has 146 valence electrons. The number of aromatic amines is 1. The maximum atomic E-state index is 12.3. The number of nitrogens with one attached hydrogen (secondary N) is 1. The van der Waals surface area contributed by atoms with Gasteiger partial charge in [0.2, 0.25) is 0 Å². The van der Waals surface area contributed by atoms with Crippen LogP contribution in [0.2, 0.25) is 0 Å². The van der Waals surface area contributed by atoms with Crippen LogP contribution in [0.3, 0.4) is 0 Å². The number of hydrogen-bond acceptors (Lipinski definition) is 5. The van der Waals surface area contributed by atoms with E-state index in [0.717, 1.165) is 5.56 Å². The van der Waals surface area contributed by atoms with E-state index in [1.54, 1.807) is 6.92 Å². The largest absolute Gasteiger partial charge is 0.386 e. The van der Waals surface area contributed by atoms with Crippen molar-refractivity contribution in [3.05, 3.63) is 68.5 Å². The molecular weight excluding hydrogens is 348 g/mol. The van der Waals surface area contributed by atoms with Crippen molar-refractivity contribution in [3.8, 4) is 0 Å². The van der Waals surface area contributed by atoms with Gasteiger partial charge in [-0.2, -0.15) is 0 Å². The van der Waals surface area contributed by atoms with Crippen LogP contribution in [0.4, 0.5) is 0 Å². The third-order valence-electron chi connectivity index (χ3n) is 5.37. The van der Waals surface area contributed by atoms with Gasteiger partial charge in [0.25, 0.3) is 5.56 Å². The van der Waals surface area contributed by atoms with Gasteiger partial charge < -0.3 is 14.6 Å². The molecule has 0 aliphatic carbocycles. The van der Waals surface area contributed by atoms with Gasteiger partial charge in [-0.25, -0.2) is 4.79 Å². The molecule has 3 rings (SSSR count). The molecule has 0 radical (unpaired) electrons. The van der Waals surface area contributed by atoms with Gasteiger partial charge in [-0.05, 0) is 25.3 Å². The minimum atomic E-state index is -1.04. The van der Waals surface area contributed by atoms with Crippen LogP contribution in [0.5, 0.6) is 0 Å². The minimum absolute atomic E-state index is 0.333. The van der Waals surface area contributed by atoms with Crippen LogP contribution < -0.4 is 11.2 Å². The first-order valence-corrected chi connectivity index (χ1v) is 9.25. The average molecular weight is 374 g/mol. The number of H-pyrrole nitrogens is 1. The predicted octanol–water partition coefficient (Wildman–Crippen LogP) is 1.88. The molecule has 0 amide bonds. The van der Waals surface area contributed by atoms with Gasteiger partial charge in [0, 0.05) is 11.8 Å². The Bertz CT molecular complexity index is 885. The number of aliphatic hydroxyl groups excluding tert-OH is 1. The number of nitrogens with zero attached hydrogens (tertiary/aromatic N) is 1. The van der Waals surface area contributed by atoms with Gasteiger partial charge in [-0.3, -0.25) is 14.3 Å². The van der Waals surface area contributed by atoms with Crippen molar-refractivity contribution >= 4 is 0 Å². The Labute approximate surface area is 157 Å². The lowest BCUT2D eigenvalue weighted by atomic mass is 9.89. The van der Waals surface area contributed by atoms with Crippen LogP contribution in [0.15, 0.2) is 46.1 Å². The Kier molecular flexibility index (Phi) is 5.64. The molecule has 0 bridgehead atoms. The molecule has 1 aliphatic heterocycles. The fourth-order valence-corrected chi connectivity index (χ4v) is 3.66. The van der Waals surface area contributed by atoms with E-state index in [9.17, 15) is 14.7 Å². The standard InChI is InChI=1S/C20H26N2O5/c1-4-20(5-2)16(26-12-14-9-7-6-8-10-14)15(23)18(27-20)22-11-13(3)17(24)21-19(22)25/h6-11,15-16,18,23H,4-5,12H2,1-3H3,(H,21,24,25)/t15?,16-,18-/m1/s1. The second kappa shape index (κ2) is 7.80. The molecule has 7 heteroatoms. The molecular formula is C20H26N2O5.